The second kappa shape index (κ2) is 8.74. The molecule has 0 saturated heterocycles. The van der Waals surface area contributed by atoms with Crippen molar-refractivity contribution < 1.29 is 19.4 Å². The van der Waals surface area contributed by atoms with Crippen LogP contribution in [0.25, 0.3) is 6.08 Å². The summed E-state index contributed by atoms with van der Waals surface area (Å²) < 4.78 is 10.4. The van der Waals surface area contributed by atoms with Gasteiger partial charge in [-0.3, -0.25) is 4.79 Å². The predicted octanol–water partition coefficient (Wildman–Crippen LogP) is 2.89. The van der Waals surface area contributed by atoms with Crippen molar-refractivity contribution in [1.82, 2.24) is 0 Å². The molecule has 0 fully saturated rings. The maximum absolute atomic E-state index is 12.0. The van der Waals surface area contributed by atoms with Gasteiger partial charge in [0, 0.05) is 18.4 Å². The van der Waals surface area contributed by atoms with E-state index in [1.54, 1.807) is 32.4 Å². The smallest absolute Gasteiger partial charge is 0.248 e. The Balaban J connectivity index is 1.99. The zero-order chi connectivity index (χ0) is 17.4. The lowest BCUT2D eigenvalue weighted by atomic mass is 10.1. The van der Waals surface area contributed by atoms with Crippen molar-refractivity contribution in [2.45, 2.75) is 6.42 Å². The van der Waals surface area contributed by atoms with Gasteiger partial charge in [-0.25, -0.2) is 0 Å². The molecule has 2 N–H and O–H groups in total. The number of methoxy groups -OCH3 is 2. The molecule has 0 heterocycles. The number of anilines is 1. The second-order valence-electron chi connectivity index (χ2n) is 5.11. The standard InChI is InChI=1S/C19H21NO4/c1-23-17-9-5-15(13-18(17)24-2)6-10-19(22)20-16-7-3-14(4-8-16)11-12-21/h3-10,13,21H,11-12H2,1-2H3,(H,20,22)/b10-6-. The van der Waals surface area contributed by atoms with E-state index in [-0.39, 0.29) is 12.5 Å². The van der Waals surface area contributed by atoms with Gasteiger partial charge in [-0.1, -0.05) is 18.2 Å². The Morgan fingerprint density at radius 3 is 2.42 bits per heavy atom. The summed E-state index contributed by atoms with van der Waals surface area (Å²) in [7, 11) is 3.14. The van der Waals surface area contributed by atoms with Gasteiger partial charge in [0.1, 0.15) is 0 Å². The molecule has 126 valence electrons. The number of aliphatic hydroxyl groups excluding tert-OH is 1. The number of hydrogen-bond acceptors (Lipinski definition) is 4. The zero-order valence-corrected chi connectivity index (χ0v) is 13.8. The van der Waals surface area contributed by atoms with Crippen LogP contribution in [-0.4, -0.2) is 31.8 Å². The lowest BCUT2D eigenvalue weighted by Gasteiger charge is -2.07. The van der Waals surface area contributed by atoms with Crippen LogP contribution in [0.5, 0.6) is 11.5 Å². The van der Waals surface area contributed by atoms with E-state index in [0.29, 0.717) is 23.6 Å². The number of hydrogen-bond donors (Lipinski definition) is 2. The Bertz CT molecular complexity index is 708. The molecule has 5 nitrogen and oxygen atoms in total. The van der Waals surface area contributed by atoms with Crippen LogP contribution in [0.2, 0.25) is 0 Å². The van der Waals surface area contributed by atoms with E-state index < -0.39 is 0 Å². The highest BCUT2D eigenvalue weighted by Crippen LogP contribution is 2.27. The zero-order valence-electron chi connectivity index (χ0n) is 13.8. The van der Waals surface area contributed by atoms with Crippen LogP contribution in [0.1, 0.15) is 11.1 Å². The average molecular weight is 327 g/mol. The van der Waals surface area contributed by atoms with E-state index in [0.717, 1.165) is 11.1 Å². The number of benzene rings is 2. The van der Waals surface area contributed by atoms with Crippen LogP contribution in [0.15, 0.2) is 48.5 Å². The topological polar surface area (TPSA) is 67.8 Å². The van der Waals surface area contributed by atoms with Gasteiger partial charge in [-0.05, 0) is 47.9 Å². The Morgan fingerprint density at radius 1 is 1.08 bits per heavy atom. The first-order valence-electron chi connectivity index (χ1n) is 7.57. The third-order valence-electron chi connectivity index (χ3n) is 3.46. The summed E-state index contributed by atoms with van der Waals surface area (Å²) in [5.74, 6) is 1.03. The molecule has 2 aromatic rings. The molecule has 0 unspecified atom stereocenters. The van der Waals surface area contributed by atoms with Gasteiger partial charge in [-0.2, -0.15) is 0 Å². The third-order valence-corrected chi connectivity index (χ3v) is 3.46. The maximum atomic E-state index is 12.0. The highest BCUT2D eigenvalue weighted by Gasteiger charge is 2.03. The Labute approximate surface area is 141 Å². The van der Waals surface area contributed by atoms with Crippen LogP contribution in [-0.2, 0) is 11.2 Å². The van der Waals surface area contributed by atoms with Crippen LogP contribution in [0, 0.1) is 0 Å². The largest absolute Gasteiger partial charge is 0.493 e. The van der Waals surface area contributed by atoms with Gasteiger partial charge in [0.15, 0.2) is 11.5 Å². The molecule has 0 saturated carbocycles. The van der Waals surface area contributed by atoms with Crippen molar-refractivity contribution in [3.8, 4) is 11.5 Å². The first kappa shape index (κ1) is 17.6. The van der Waals surface area contributed by atoms with Crippen molar-refractivity contribution in [3.05, 3.63) is 59.7 Å². The molecule has 0 aliphatic carbocycles. The first-order chi connectivity index (χ1) is 11.7. The quantitative estimate of drug-likeness (QED) is 0.767. The molecule has 0 radical (unpaired) electrons. The van der Waals surface area contributed by atoms with Crippen LogP contribution in [0.3, 0.4) is 0 Å². The van der Waals surface area contributed by atoms with Crippen LogP contribution in [0.4, 0.5) is 5.69 Å². The molecule has 0 bridgehead atoms. The van der Waals surface area contributed by atoms with E-state index in [2.05, 4.69) is 5.32 Å². The number of nitrogens with one attached hydrogen (secondary N) is 1. The number of aliphatic hydroxyl groups is 1. The second-order valence-corrected chi connectivity index (χ2v) is 5.11. The number of rotatable bonds is 7. The fourth-order valence-corrected chi connectivity index (χ4v) is 2.20. The van der Waals surface area contributed by atoms with Gasteiger partial charge >= 0.3 is 0 Å². The molecular weight excluding hydrogens is 306 g/mol. The molecule has 5 heteroatoms. The van der Waals surface area contributed by atoms with Crippen molar-refractivity contribution in [2.75, 3.05) is 26.1 Å². The molecule has 2 rings (SSSR count). The van der Waals surface area contributed by atoms with E-state index in [9.17, 15) is 4.79 Å². The normalized spacial score (nSPS) is 10.6. The first-order valence-corrected chi connectivity index (χ1v) is 7.57. The predicted molar refractivity (Wildman–Crippen MR) is 94.4 cm³/mol. The number of carbonyl (C=O) groups excluding carboxylic acids is 1. The molecule has 24 heavy (non-hydrogen) atoms. The maximum Gasteiger partial charge on any atom is 0.248 e. The summed E-state index contributed by atoms with van der Waals surface area (Å²) in [4.78, 5) is 12.0. The molecular formula is C19H21NO4. The van der Waals surface area contributed by atoms with E-state index >= 15 is 0 Å². The number of carbonyl (C=O) groups is 1. The molecule has 1 amide bonds. The van der Waals surface area contributed by atoms with Gasteiger partial charge in [0.05, 0.1) is 14.2 Å². The average Bonchev–Trinajstić information content (AvgIpc) is 2.61. The Morgan fingerprint density at radius 2 is 1.79 bits per heavy atom. The van der Waals surface area contributed by atoms with Gasteiger partial charge < -0.3 is 19.9 Å². The van der Waals surface area contributed by atoms with Crippen molar-refractivity contribution >= 4 is 17.7 Å². The third kappa shape index (κ3) is 4.86. The molecule has 0 aromatic heterocycles. The number of ether oxygens (including phenoxy) is 2. The summed E-state index contributed by atoms with van der Waals surface area (Å²) in [5, 5.41) is 11.7. The summed E-state index contributed by atoms with van der Waals surface area (Å²) in [6.07, 6.45) is 3.77. The number of amides is 1. The van der Waals surface area contributed by atoms with Gasteiger partial charge in [0.25, 0.3) is 0 Å². The van der Waals surface area contributed by atoms with Gasteiger partial charge in [-0.15, -0.1) is 0 Å². The highest BCUT2D eigenvalue weighted by atomic mass is 16.5. The molecule has 0 aliphatic rings. The molecule has 0 spiro atoms. The minimum Gasteiger partial charge on any atom is -0.493 e. The highest BCUT2D eigenvalue weighted by molar-refractivity contribution is 6.01. The Kier molecular flexibility index (Phi) is 6.40. The Hall–Kier alpha value is -2.79. The van der Waals surface area contributed by atoms with Crippen LogP contribution < -0.4 is 14.8 Å². The van der Waals surface area contributed by atoms with E-state index in [1.165, 1.54) is 6.08 Å². The minimum absolute atomic E-state index is 0.111. The van der Waals surface area contributed by atoms with Crippen molar-refractivity contribution in [3.63, 3.8) is 0 Å². The van der Waals surface area contributed by atoms with Crippen molar-refractivity contribution in [1.29, 1.82) is 0 Å². The molecule has 2 aromatic carbocycles. The van der Waals surface area contributed by atoms with E-state index in [1.807, 2.05) is 30.3 Å². The summed E-state index contributed by atoms with van der Waals surface area (Å²) in [6.45, 7) is 0.111. The van der Waals surface area contributed by atoms with Crippen LogP contribution >= 0.6 is 0 Å². The summed E-state index contributed by atoms with van der Waals surface area (Å²) >= 11 is 0. The lowest BCUT2D eigenvalue weighted by molar-refractivity contribution is -0.111. The fraction of sp³-hybridized carbons (Fsp3) is 0.211. The van der Waals surface area contributed by atoms with E-state index in [4.69, 9.17) is 14.6 Å². The lowest BCUT2D eigenvalue weighted by Crippen LogP contribution is -2.07. The minimum atomic E-state index is -0.223. The summed E-state index contributed by atoms with van der Waals surface area (Å²) in [6, 6.07) is 12.8. The van der Waals surface area contributed by atoms with Crippen molar-refractivity contribution in [2.24, 2.45) is 0 Å². The summed E-state index contributed by atoms with van der Waals surface area (Å²) in [5.41, 5.74) is 2.57. The van der Waals surface area contributed by atoms with Gasteiger partial charge in [0.2, 0.25) is 5.91 Å². The molecule has 0 atom stereocenters. The fourth-order valence-electron chi connectivity index (χ4n) is 2.20. The SMILES string of the molecule is COc1ccc(/C=C\C(=O)Nc2ccc(CCO)cc2)cc1OC. The monoisotopic (exact) mass is 327 g/mol. The molecule has 0 aliphatic heterocycles.